The summed E-state index contributed by atoms with van der Waals surface area (Å²) in [6, 6.07) is 14.6. The van der Waals surface area contributed by atoms with Crippen LogP contribution in [-0.4, -0.2) is 29.2 Å². The third-order valence-electron chi connectivity index (χ3n) is 3.76. The second-order valence-electron chi connectivity index (χ2n) is 5.60. The number of aryl methyl sites for hydroxylation is 1. The van der Waals surface area contributed by atoms with E-state index in [1.807, 2.05) is 36.4 Å². The van der Waals surface area contributed by atoms with Gasteiger partial charge in [-0.3, -0.25) is 9.59 Å². The van der Waals surface area contributed by atoms with Gasteiger partial charge in [0, 0.05) is 12.8 Å². The van der Waals surface area contributed by atoms with E-state index in [0.717, 1.165) is 5.56 Å². The van der Waals surface area contributed by atoms with Crippen molar-refractivity contribution in [3.05, 3.63) is 70.1 Å². The van der Waals surface area contributed by atoms with E-state index in [2.05, 4.69) is 20.5 Å². The van der Waals surface area contributed by atoms with Crippen LogP contribution in [0.3, 0.4) is 0 Å². The highest BCUT2D eigenvalue weighted by molar-refractivity contribution is 5.83. The van der Waals surface area contributed by atoms with Crippen LogP contribution >= 0.6 is 0 Å². The first-order valence-electron chi connectivity index (χ1n) is 8.09. The normalized spacial score (nSPS) is 11.0. The Morgan fingerprint density at radius 1 is 1.27 bits per heavy atom. The number of aromatic nitrogens is 2. The molecule has 0 atom stereocenters. The molecule has 7 heteroatoms. The maximum absolute atomic E-state index is 12.0. The fourth-order valence-electron chi connectivity index (χ4n) is 2.43. The lowest BCUT2D eigenvalue weighted by atomic mass is 10.2. The summed E-state index contributed by atoms with van der Waals surface area (Å²) in [4.78, 5) is 31.0. The molecule has 0 saturated carbocycles. The topological polar surface area (TPSA) is 96.4 Å². The zero-order chi connectivity index (χ0) is 18.4. The highest BCUT2D eigenvalue weighted by atomic mass is 16.5. The molecular formula is C19H18N4O3. The minimum Gasteiger partial charge on any atom is -0.497 e. The number of aromatic amines is 1. The standard InChI is InChI=1S/C19H18N4O3/c1-26-14-6-4-5-13(11-14)12-20-23-18(24)10-9-17-19(25)22-16-8-3-2-7-15(16)21-17/h2-8,11-12H,9-10H2,1H3,(H,22,25)(H,23,24)/b20-12-. The van der Waals surface area contributed by atoms with Crippen molar-refractivity contribution in [3.8, 4) is 5.75 Å². The molecule has 7 nitrogen and oxygen atoms in total. The molecule has 0 bridgehead atoms. The van der Waals surface area contributed by atoms with E-state index in [0.29, 0.717) is 22.5 Å². The van der Waals surface area contributed by atoms with Gasteiger partial charge in [-0.15, -0.1) is 0 Å². The summed E-state index contributed by atoms with van der Waals surface area (Å²) in [7, 11) is 1.58. The van der Waals surface area contributed by atoms with Crippen LogP contribution in [0, 0.1) is 0 Å². The number of methoxy groups -OCH3 is 1. The van der Waals surface area contributed by atoms with E-state index in [-0.39, 0.29) is 24.3 Å². The molecule has 1 heterocycles. The molecule has 0 spiro atoms. The van der Waals surface area contributed by atoms with Crippen LogP contribution < -0.4 is 15.7 Å². The minimum atomic E-state index is -0.293. The number of H-pyrrole nitrogens is 1. The molecule has 3 aromatic rings. The van der Waals surface area contributed by atoms with E-state index in [9.17, 15) is 9.59 Å². The van der Waals surface area contributed by atoms with Crippen molar-refractivity contribution < 1.29 is 9.53 Å². The molecule has 0 radical (unpaired) electrons. The highest BCUT2D eigenvalue weighted by Crippen LogP contribution is 2.10. The molecule has 0 unspecified atom stereocenters. The molecule has 132 valence electrons. The van der Waals surface area contributed by atoms with Gasteiger partial charge in [0.15, 0.2) is 0 Å². The zero-order valence-corrected chi connectivity index (χ0v) is 14.2. The maximum atomic E-state index is 12.0. The van der Waals surface area contributed by atoms with Gasteiger partial charge in [0.1, 0.15) is 11.4 Å². The van der Waals surface area contributed by atoms with Crippen molar-refractivity contribution in [2.24, 2.45) is 5.10 Å². The molecule has 1 aromatic heterocycles. The second kappa shape index (κ2) is 8.06. The highest BCUT2D eigenvalue weighted by Gasteiger charge is 2.07. The lowest BCUT2D eigenvalue weighted by molar-refractivity contribution is -0.121. The van der Waals surface area contributed by atoms with Crippen LogP contribution in [0.25, 0.3) is 11.0 Å². The summed E-state index contributed by atoms with van der Waals surface area (Å²) < 4.78 is 5.12. The van der Waals surface area contributed by atoms with E-state index in [4.69, 9.17) is 4.74 Å². The van der Waals surface area contributed by atoms with E-state index < -0.39 is 0 Å². The van der Waals surface area contributed by atoms with Crippen LogP contribution in [0.5, 0.6) is 5.75 Å². The van der Waals surface area contributed by atoms with Crippen molar-refractivity contribution in [1.82, 2.24) is 15.4 Å². The molecule has 0 aliphatic rings. The number of nitrogens with zero attached hydrogens (tertiary/aromatic N) is 2. The molecule has 2 N–H and O–H groups in total. The summed E-state index contributed by atoms with van der Waals surface area (Å²) in [6.07, 6.45) is 1.88. The van der Waals surface area contributed by atoms with Crippen molar-refractivity contribution in [3.63, 3.8) is 0 Å². The molecule has 0 aliphatic heterocycles. The maximum Gasteiger partial charge on any atom is 0.270 e. The quantitative estimate of drug-likeness (QED) is 0.525. The third-order valence-corrected chi connectivity index (χ3v) is 3.76. The number of rotatable bonds is 6. The average Bonchev–Trinajstić information content (AvgIpc) is 2.66. The van der Waals surface area contributed by atoms with E-state index in [1.54, 1.807) is 19.2 Å². The Morgan fingerprint density at radius 2 is 2.12 bits per heavy atom. The summed E-state index contributed by atoms with van der Waals surface area (Å²) >= 11 is 0. The molecule has 0 fully saturated rings. The Hall–Kier alpha value is -3.48. The van der Waals surface area contributed by atoms with Crippen LogP contribution in [0.1, 0.15) is 17.7 Å². The predicted octanol–water partition coefficient (Wildman–Crippen LogP) is 2.01. The van der Waals surface area contributed by atoms with Crippen LogP contribution in [0.15, 0.2) is 58.4 Å². The molecule has 26 heavy (non-hydrogen) atoms. The fourth-order valence-corrected chi connectivity index (χ4v) is 2.43. The Kier molecular flexibility index (Phi) is 5.38. The summed E-state index contributed by atoms with van der Waals surface area (Å²) in [5.41, 5.74) is 4.66. The van der Waals surface area contributed by atoms with Gasteiger partial charge < -0.3 is 9.72 Å². The number of benzene rings is 2. The molecule has 2 aromatic carbocycles. The average molecular weight is 350 g/mol. The van der Waals surface area contributed by atoms with Crippen molar-refractivity contribution in [2.45, 2.75) is 12.8 Å². The summed E-state index contributed by atoms with van der Waals surface area (Å²) in [5.74, 6) is 0.417. The summed E-state index contributed by atoms with van der Waals surface area (Å²) in [5, 5.41) is 3.92. The number of nitrogens with one attached hydrogen (secondary N) is 2. The van der Waals surface area contributed by atoms with Crippen molar-refractivity contribution in [1.29, 1.82) is 0 Å². The third kappa shape index (κ3) is 4.32. The van der Waals surface area contributed by atoms with Crippen LogP contribution in [0.2, 0.25) is 0 Å². The molecule has 0 aliphatic carbocycles. The number of carbonyl (C=O) groups is 1. The molecule has 0 saturated heterocycles. The first-order valence-corrected chi connectivity index (χ1v) is 8.09. The molecular weight excluding hydrogens is 332 g/mol. The number of para-hydroxylation sites is 2. The van der Waals surface area contributed by atoms with Gasteiger partial charge in [-0.1, -0.05) is 24.3 Å². The van der Waals surface area contributed by atoms with Gasteiger partial charge in [0.25, 0.3) is 5.56 Å². The van der Waals surface area contributed by atoms with E-state index >= 15 is 0 Å². The monoisotopic (exact) mass is 350 g/mol. The van der Waals surface area contributed by atoms with Gasteiger partial charge in [-0.25, -0.2) is 10.4 Å². The lowest BCUT2D eigenvalue weighted by Crippen LogP contribution is -2.21. The number of fused-ring (bicyclic) bond motifs is 1. The number of ether oxygens (including phenoxy) is 1. The Morgan fingerprint density at radius 3 is 2.96 bits per heavy atom. The Bertz CT molecular complexity index is 1010. The van der Waals surface area contributed by atoms with Gasteiger partial charge >= 0.3 is 0 Å². The SMILES string of the molecule is COc1cccc(/C=N\NC(=O)CCc2nc3ccccc3[nH]c2=O)c1. The first kappa shape index (κ1) is 17.3. The fraction of sp³-hybridized carbons (Fsp3) is 0.158. The number of hydrazone groups is 1. The zero-order valence-electron chi connectivity index (χ0n) is 14.2. The molecule has 1 amide bonds. The number of amides is 1. The van der Waals surface area contributed by atoms with Crippen molar-refractivity contribution >= 4 is 23.2 Å². The minimum absolute atomic E-state index is 0.115. The van der Waals surface area contributed by atoms with Gasteiger partial charge in [0.2, 0.25) is 5.91 Å². The van der Waals surface area contributed by atoms with Gasteiger partial charge in [-0.05, 0) is 29.8 Å². The van der Waals surface area contributed by atoms with Crippen LogP contribution in [-0.2, 0) is 11.2 Å². The largest absolute Gasteiger partial charge is 0.497 e. The number of carbonyl (C=O) groups excluding carboxylic acids is 1. The number of hydrogen-bond donors (Lipinski definition) is 2. The Balaban J connectivity index is 1.58. The van der Waals surface area contributed by atoms with Gasteiger partial charge in [0.05, 0.1) is 24.4 Å². The molecule has 3 rings (SSSR count). The van der Waals surface area contributed by atoms with Crippen LogP contribution in [0.4, 0.5) is 0 Å². The number of hydrogen-bond acceptors (Lipinski definition) is 5. The first-order chi connectivity index (χ1) is 12.7. The smallest absolute Gasteiger partial charge is 0.270 e. The van der Waals surface area contributed by atoms with Crippen molar-refractivity contribution in [2.75, 3.05) is 7.11 Å². The lowest BCUT2D eigenvalue weighted by Gasteiger charge is -2.02. The summed E-state index contributed by atoms with van der Waals surface area (Å²) in [6.45, 7) is 0. The van der Waals surface area contributed by atoms with E-state index in [1.165, 1.54) is 6.21 Å². The second-order valence-corrected chi connectivity index (χ2v) is 5.60. The van der Waals surface area contributed by atoms with Gasteiger partial charge in [-0.2, -0.15) is 5.10 Å². The Labute approximate surface area is 149 Å². The predicted molar refractivity (Wildman–Crippen MR) is 99.4 cm³/mol.